The second kappa shape index (κ2) is 8.69. The van der Waals surface area contributed by atoms with Crippen LogP contribution >= 0.6 is 11.6 Å². The molecule has 3 nitrogen and oxygen atoms in total. The summed E-state index contributed by atoms with van der Waals surface area (Å²) in [7, 11) is 0. The molecule has 2 aromatic rings. The van der Waals surface area contributed by atoms with Gasteiger partial charge in [-0.2, -0.15) is 5.26 Å². The number of nitrogens with zero attached hydrogens (tertiary/aromatic N) is 2. The van der Waals surface area contributed by atoms with Gasteiger partial charge in [-0.3, -0.25) is 4.98 Å². The Bertz CT molecular complexity index is 938. The quantitative estimate of drug-likeness (QED) is 0.549. The average Bonchev–Trinajstić information content (AvgIpc) is 2.75. The van der Waals surface area contributed by atoms with Gasteiger partial charge in [0.25, 0.3) is 0 Å². The lowest BCUT2D eigenvalue weighted by Gasteiger charge is -2.56. The van der Waals surface area contributed by atoms with E-state index in [4.69, 9.17) is 11.6 Å². The number of pyridine rings is 1. The van der Waals surface area contributed by atoms with Gasteiger partial charge in [-0.1, -0.05) is 31.0 Å². The maximum absolute atomic E-state index is 10.6. The molecule has 30 heavy (non-hydrogen) atoms. The lowest BCUT2D eigenvalue weighted by Crippen LogP contribution is -2.51. The second-order valence-corrected chi connectivity index (χ2v) is 9.92. The SMILES string of the molecule is C[C@]12CCC3c4ccc(C#N)c(Cl)c4CCC3C1CCC[C@@H]2O.Cc1ccncc1. The van der Waals surface area contributed by atoms with Crippen molar-refractivity contribution in [1.82, 2.24) is 4.98 Å². The van der Waals surface area contributed by atoms with Crippen molar-refractivity contribution in [2.24, 2.45) is 17.3 Å². The summed E-state index contributed by atoms with van der Waals surface area (Å²) in [6.07, 6.45) is 11.2. The zero-order chi connectivity index (χ0) is 21.3. The molecule has 3 aliphatic rings. The van der Waals surface area contributed by atoms with E-state index in [0.717, 1.165) is 38.5 Å². The van der Waals surface area contributed by atoms with Gasteiger partial charge < -0.3 is 5.11 Å². The van der Waals surface area contributed by atoms with Gasteiger partial charge in [0.1, 0.15) is 6.07 Å². The van der Waals surface area contributed by atoms with Crippen LogP contribution < -0.4 is 0 Å². The molecule has 3 aliphatic carbocycles. The highest BCUT2D eigenvalue weighted by atomic mass is 35.5. The van der Waals surface area contributed by atoms with Gasteiger partial charge in [-0.05, 0) is 104 Å². The van der Waals surface area contributed by atoms with E-state index < -0.39 is 0 Å². The minimum absolute atomic E-state index is 0.104. The lowest BCUT2D eigenvalue weighted by atomic mass is 9.50. The van der Waals surface area contributed by atoms with E-state index in [1.54, 1.807) is 12.4 Å². The summed E-state index contributed by atoms with van der Waals surface area (Å²) in [4.78, 5) is 3.85. The molecule has 0 bridgehead atoms. The van der Waals surface area contributed by atoms with E-state index in [-0.39, 0.29) is 11.5 Å². The maximum Gasteiger partial charge on any atom is 0.101 e. The molecular weight excluding hydrogens is 392 g/mol. The summed E-state index contributed by atoms with van der Waals surface area (Å²) < 4.78 is 0. The van der Waals surface area contributed by atoms with E-state index in [1.165, 1.54) is 23.1 Å². The van der Waals surface area contributed by atoms with E-state index in [1.807, 2.05) is 25.1 Å². The Morgan fingerprint density at radius 2 is 1.90 bits per heavy atom. The molecule has 158 valence electrons. The normalized spacial score (nSPS) is 31.8. The standard InChI is InChI=1S/C20H24ClNO.C6H7N/c1-20-10-9-14-13-6-5-12(11-22)19(21)16(13)8-7-15(14)17(20)3-2-4-18(20)23;1-6-2-4-7-5-3-6/h5-6,14-15,17-18,23H,2-4,7-10H2,1H3;2-5H,1H3/t14?,15?,17?,18-,20-;/m0./s1. The number of aliphatic hydroxyl groups is 1. The van der Waals surface area contributed by atoms with Crippen LogP contribution in [0.3, 0.4) is 0 Å². The van der Waals surface area contributed by atoms with E-state index in [2.05, 4.69) is 24.0 Å². The Hall–Kier alpha value is -1.89. The molecule has 1 N–H and O–H groups in total. The number of aromatic nitrogens is 1. The first kappa shape index (κ1) is 21.3. The van der Waals surface area contributed by atoms with Crippen LogP contribution in [0.5, 0.6) is 0 Å². The summed E-state index contributed by atoms with van der Waals surface area (Å²) in [5, 5.41) is 20.5. The predicted molar refractivity (Wildman–Crippen MR) is 120 cm³/mol. The Morgan fingerprint density at radius 3 is 2.57 bits per heavy atom. The number of fused-ring (bicyclic) bond motifs is 5. The van der Waals surface area contributed by atoms with Crippen molar-refractivity contribution >= 4 is 11.6 Å². The molecule has 0 amide bonds. The van der Waals surface area contributed by atoms with Gasteiger partial charge >= 0.3 is 0 Å². The Balaban J connectivity index is 0.000000265. The minimum Gasteiger partial charge on any atom is -0.393 e. The topological polar surface area (TPSA) is 56.9 Å². The van der Waals surface area contributed by atoms with E-state index in [0.29, 0.717) is 28.3 Å². The monoisotopic (exact) mass is 422 g/mol. The number of benzene rings is 1. The van der Waals surface area contributed by atoms with Gasteiger partial charge in [-0.25, -0.2) is 0 Å². The molecule has 0 spiro atoms. The fraction of sp³-hybridized carbons (Fsp3) is 0.538. The van der Waals surface area contributed by atoms with Crippen molar-refractivity contribution in [3.8, 4) is 6.07 Å². The molecule has 0 radical (unpaired) electrons. The molecule has 0 aliphatic heterocycles. The highest BCUT2D eigenvalue weighted by molar-refractivity contribution is 6.32. The summed E-state index contributed by atoms with van der Waals surface area (Å²) >= 11 is 6.48. The molecule has 1 heterocycles. The van der Waals surface area contributed by atoms with Crippen LogP contribution in [0.2, 0.25) is 5.02 Å². The number of rotatable bonds is 0. The fourth-order valence-electron chi connectivity index (χ4n) is 6.30. The average molecular weight is 423 g/mol. The summed E-state index contributed by atoms with van der Waals surface area (Å²) in [6, 6.07) is 10.2. The first-order valence-corrected chi connectivity index (χ1v) is 11.6. The van der Waals surface area contributed by atoms with Crippen LogP contribution in [0.4, 0.5) is 0 Å². The van der Waals surface area contributed by atoms with Crippen molar-refractivity contribution in [2.75, 3.05) is 0 Å². The van der Waals surface area contributed by atoms with Crippen LogP contribution in [-0.2, 0) is 6.42 Å². The van der Waals surface area contributed by atoms with Crippen LogP contribution in [-0.4, -0.2) is 16.2 Å². The van der Waals surface area contributed by atoms with Crippen molar-refractivity contribution in [1.29, 1.82) is 5.26 Å². The van der Waals surface area contributed by atoms with Crippen molar-refractivity contribution < 1.29 is 5.11 Å². The van der Waals surface area contributed by atoms with Crippen molar-refractivity contribution in [3.63, 3.8) is 0 Å². The third-order valence-electron chi connectivity index (χ3n) is 8.00. The van der Waals surface area contributed by atoms with Gasteiger partial charge in [0.15, 0.2) is 0 Å². The molecular formula is C26H31ClN2O. The van der Waals surface area contributed by atoms with Crippen molar-refractivity contribution in [2.45, 2.75) is 70.8 Å². The third kappa shape index (κ3) is 3.77. The van der Waals surface area contributed by atoms with Gasteiger partial charge in [0, 0.05) is 12.4 Å². The number of nitriles is 1. The molecule has 5 atom stereocenters. The largest absolute Gasteiger partial charge is 0.393 e. The number of aliphatic hydroxyl groups excluding tert-OH is 1. The summed E-state index contributed by atoms with van der Waals surface area (Å²) in [5.41, 5.74) is 4.57. The first-order valence-electron chi connectivity index (χ1n) is 11.2. The summed E-state index contributed by atoms with van der Waals surface area (Å²) in [6.45, 7) is 4.36. The zero-order valence-electron chi connectivity index (χ0n) is 17.9. The Labute approximate surface area is 185 Å². The molecule has 0 saturated heterocycles. The first-order chi connectivity index (χ1) is 14.5. The maximum atomic E-state index is 10.6. The highest BCUT2D eigenvalue weighted by Gasteiger charge is 2.52. The predicted octanol–water partition coefficient (Wildman–Crippen LogP) is 6.21. The zero-order valence-corrected chi connectivity index (χ0v) is 18.7. The van der Waals surface area contributed by atoms with Crippen molar-refractivity contribution in [3.05, 3.63) is 63.9 Å². The molecule has 2 fully saturated rings. The lowest BCUT2D eigenvalue weighted by molar-refractivity contribution is -0.0976. The van der Waals surface area contributed by atoms with Crippen LogP contribution in [0.25, 0.3) is 0 Å². The third-order valence-corrected chi connectivity index (χ3v) is 8.43. The number of hydrogen-bond donors (Lipinski definition) is 1. The fourth-order valence-corrected chi connectivity index (χ4v) is 6.61. The molecule has 1 aromatic heterocycles. The van der Waals surface area contributed by atoms with E-state index in [9.17, 15) is 10.4 Å². The summed E-state index contributed by atoms with van der Waals surface area (Å²) in [5.74, 6) is 1.86. The van der Waals surface area contributed by atoms with Gasteiger partial charge in [0.05, 0.1) is 16.7 Å². The Morgan fingerprint density at radius 1 is 1.13 bits per heavy atom. The molecule has 5 rings (SSSR count). The van der Waals surface area contributed by atoms with Gasteiger partial charge in [0.2, 0.25) is 0 Å². The van der Waals surface area contributed by atoms with Crippen LogP contribution in [0.1, 0.15) is 73.6 Å². The number of halogens is 1. The van der Waals surface area contributed by atoms with Crippen LogP contribution in [0, 0.1) is 35.5 Å². The molecule has 3 unspecified atom stereocenters. The smallest absolute Gasteiger partial charge is 0.101 e. The molecule has 2 saturated carbocycles. The van der Waals surface area contributed by atoms with Crippen LogP contribution in [0.15, 0.2) is 36.7 Å². The highest BCUT2D eigenvalue weighted by Crippen LogP contribution is 2.59. The number of hydrogen-bond acceptors (Lipinski definition) is 3. The Kier molecular flexibility index (Phi) is 6.19. The molecule has 4 heteroatoms. The molecule has 1 aromatic carbocycles. The number of aryl methyl sites for hydroxylation is 1. The van der Waals surface area contributed by atoms with E-state index >= 15 is 0 Å². The minimum atomic E-state index is -0.131. The van der Waals surface area contributed by atoms with Gasteiger partial charge in [-0.15, -0.1) is 0 Å². The second-order valence-electron chi connectivity index (χ2n) is 9.54.